The quantitative estimate of drug-likeness (QED) is 0.588. The normalized spacial score (nSPS) is 10.7. The van der Waals surface area contributed by atoms with Crippen molar-refractivity contribution in [1.82, 2.24) is 5.32 Å². The lowest BCUT2D eigenvalue weighted by molar-refractivity contribution is 0.938. The molecule has 0 aliphatic heterocycles. The van der Waals surface area contributed by atoms with E-state index >= 15 is 0 Å². The third-order valence-corrected chi connectivity index (χ3v) is 4.31. The molecule has 0 aliphatic rings. The Morgan fingerprint density at radius 2 is 1.73 bits per heavy atom. The average molecular weight is 217 g/mol. The molecule has 0 saturated carbocycles. The van der Waals surface area contributed by atoms with Crippen LogP contribution in [0.15, 0.2) is 24.3 Å². The highest BCUT2D eigenvalue weighted by Crippen LogP contribution is 2.03. The molecule has 0 fully saturated rings. The lowest BCUT2D eigenvalue weighted by Gasteiger charge is -2.15. The van der Waals surface area contributed by atoms with Crippen molar-refractivity contribution in [3.8, 4) is 11.8 Å². The van der Waals surface area contributed by atoms with Gasteiger partial charge in [0.2, 0.25) is 0 Å². The maximum absolute atomic E-state index is 3.13. The molecular formula is C13H19NSi. The number of hydrogen-bond donors (Lipinski definition) is 1. The predicted molar refractivity (Wildman–Crippen MR) is 70.2 cm³/mol. The van der Waals surface area contributed by atoms with E-state index in [4.69, 9.17) is 0 Å². The molecule has 0 aromatic heterocycles. The van der Waals surface area contributed by atoms with Crippen molar-refractivity contribution in [2.24, 2.45) is 0 Å². The predicted octanol–water partition coefficient (Wildman–Crippen LogP) is 1.80. The van der Waals surface area contributed by atoms with Gasteiger partial charge >= 0.3 is 0 Å². The summed E-state index contributed by atoms with van der Waals surface area (Å²) < 4.78 is 0. The summed E-state index contributed by atoms with van der Waals surface area (Å²) in [5.41, 5.74) is 1.10. The zero-order valence-electron chi connectivity index (χ0n) is 10.0. The maximum Gasteiger partial charge on any atom is 0.0775 e. The first-order valence-corrected chi connectivity index (χ1v) is 8.78. The van der Waals surface area contributed by atoms with Crippen LogP contribution >= 0.6 is 0 Å². The first-order valence-electron chi connectivity index (χ1n) is 5.28. The van der Waals surface area contributed by atoms with Gasteiger partial charge in [-0.25, -0.2) is 0 Å². The van der Waals surface area contributed by atoms with E-state index in [0.717, 1.165) is 12.1 Å². The Balaban J connectivity index is 2.79. The number of hydrogen-bond acceptors (Lipinski definition) is 1. The van der Waals surface area contributed by atoms with Crippen molar-refractivity contribution in [1.29, 1.82) is 0 Å². The summed E-state index contributed by atoms with van der Waals surface area (Å²) in [5, 5.41) is 4.49. The van der Waals surface area contributed by atoms with Crippen molar-refractivity contribution in [2.75, 3.05) is 13.6 Å². The first-order chi connectivity index (χ1) is 7.04. The molecule has 1 aromatic rings. The molecule has 0 saturated heterocycles. The molecule has 80 valence electrons. The molecule has 15 heavy (non-hydrogen) atoms. The lowest BCUT2D eigenvalue weighted by Crippen LogP contribution is -2.37. The van der Waals surface area contributed by atoms with E-state index in [-0.39, 0.29) is 0 Å². The highest BCUT2D eigenvalue weighted by molar-refractivity contribution is 6.88. The van der Waals surface area contributed by atoms with Gasteiger partial charge in [-0.2, -0.15) is 0 Å². The van der Waals surface area contributed by atoms with E-state index in [1.165, 1.54) is 5.19 Å². The van der Waals surface area contributed by atoms with Gasteiger partial charge in [0.25, 0.3) is 0 Å². The van der Waals surface area contributed by atoms with E-state index in [1.807, 2.05) is 7.05 Å². The van der Waals surface area contributed by atoms with Crippen LogP contribution in [0.1, 0.15) is 5.56 Å². The van der Waals surface area contributed by atoms with Crippen molar-refractivity contribution in [2.45, 2.75) is 19.6 Å². The van der Waals surface area contributed by atoms with Crippen LogP contribution in [0.4, 0.5) is 0 Å². The zero-order chi connectivity index (χ0) is 11.3. The molecular weight excluding hydrogens is 198 g/mol. The number of rotatable bonds is 2. The molecule has 1 N–H and O–H groups in total. The van der Waals surface area contributed by atoms with Crippen molar-refractivity contribution in [3.63, 3.8) is 0 Å². The van der Waals surface area contributed by atoms with E-state index in [0.29, 0.717) is 0 Å². The van der Waals surface area contributed by atoms with Crippen molar-refractivity contribution < 1.29 is 0 Å². The summed E-state index contributed by atoms with van der Waals surface area (Å²) >= 11 is 0. The van der Waals surface area contributed by atoms with Gasteiger partial charge in [-0.3, -0.25) is 0 Å². The Morgan fingerprint density at radius 3 is 2.20 bits per heavy atom. The van der Waals surface area contributed by atoms with Crippen LogP contribution in [0.5, 0.6) is 0 Å². The third-order valence-electron chi connectivity index (χ3n) is 2.25. The van der Waals surface area contributed by atoms with Gasteiger partial charge < -0.3 is 5.32 Å². The fraction of sp³-hybridized carbons (Fsp3) is 0.385. The Kier molecular flexibility index (Phi) is 4.13. The van der Waals surface area contributed by atoms with Crippen LogP contribution in [-0.2, 0) is 0 Å². The van der Waals surface area contributed by atoms with Gasteiger partial charge in [-0.15, -0.1) is 0 Å². The van der Waals surface area contributed by atoms with Gasteiger partial charge in [-0.05, 0) is 19.2 Å². The average Bonchev–Trinajstić information content (AvgIpc) is 2.18. The fourth-order valence-corrected chi connectivity index (χ4v) is 2.45. The van der Waals surface area contributed by atoms with Crippen LogP contribution in [0.2, 0.25) is 19.6 Å². The molecule has 1 rings (SSSR count). The summed E-state index contributed by atoms with van der Waals surface area (Å²) in [7, 11) is 0.751. The van der Waals surface area contributed by atoms with Gasteiger partial charge in [0.05, 0.1) is 14.6 Å². The van der Waals surface area contributed by atoms with Crippen LogP contribution in [0.25, 0.3) is 0 Å². The van der Waals surface area contributed by atoms with Gasteiger partial charge in [0.15, 0.2) is 0 Å². The first kappa shape index (κ1) is 12.0. The second kappa shape index (κ2) is 5.15. The summed E-state index contributed by atoms with van der Waals surface area (Å²) in [5.74, 6) is 6.19. The van der Waals surface area contributed by atoms with E-state index in [1.54, 1.807) is 0 Å². The Hall–Kier alpha value is -1.04. The lowest BCUT2D eigenvalue weighted by atomic mass is 10.2. The molecule has 0 spiro atoms. The molecule has 0 amide bonds. The third kappa shape index (κ3) is 3.91. The van der Waals surface area contributed by atoms with E-state index in [2.05, 4.69) is 61.1 Å². The molecule has 1 nitrogen and oxygen atoms in total. The van der Waals surface area contributed by atoms with Crippen LogP contribution < -0.4 is 10.5 Å². The SMILES string of the molecule is CNCC#Cc1ccc([Si](C)(C)C)cc1. The van der Waals surface area contributed by atoms with Gasteiger partial charge in [0, 0.05) is 5.56 Å². The summed E-state index contributed by atoms with van der Waals surface area (Å²) in [6.07, 6.45) is 0. The Labute approximate surface area is 93.9 Å². The number of benzene rings is 1. The highest BCUT2D eigenvalue weighted by atomic mass is 28.3. The minimum atomic E-state index is -1.15. The minimum absolute atomic E-state index is 0.746. The molecule has 0 bridgehead atoms. The molecule has 0 atom stereocenters. The Bertz CT molecular complexity index is 362. The minimum Gasteiger partial charge on any atom is -0.309 e. The standard InChI is InChI=1S/C13H19NSi/c1-14-11-5-6-12-7-9-13(10-8-12)15(2,3)4/h7-10,14H,11H2,1-4H3. The monoisotopic (exact) mass is 217 g/mol. The largest absolute Gasteiger partial charge is 0.309 e. The topological polar surface area (TPSA) is 12.0 Å². The highest BCUT2D eigenvalue weighted by Gasteiger charge is 2.15. The fourth-order valence-electron chi connectivity index (χ4n) is 1.29. The van der Waals surface area contributed by atoms with E-state index < -0.39 is 8.07 Å². The molecule has 0 aliphatic carbocycles. The van der Waals surface area contributed by atoms with Gasteiger partial charge in [-0.1, -0.05) is 48.8 Å². The summed E-state index contributed by atoms with van der Waals surface area (Å²) in [4.78, 5) is 0. The summed E-state index contributed by atoms with van der Waals surface area (Å²) in [6, 6.07) is 8.68. The second-order valence-corrected chi connectivity index (χ2v) is 9.74. The molecule has 0 radical (unpaired) electrons. The molecule has 1 aromatic carbocycles. The van der Waals surface area contributed by atoms with Gasteiger partial charge in [0.1, 0.15) is 0 Å². The summed E-state index contributed by atoms with van der Waals surface area (Å²) in [6.45, 7) is 7.81. The Morgan fingerprint density at radius 1 is 1.13 bits per heavy atom. The van der Waals surface area contributed by atoms with Crippen molar-refractivity contribution in [3.05, 3.63) is 29.8 Å². The molecule has 2 heteroatoms. The second-order valence-electron chi connectivity index (χ2n) is 4.66. The smallest absolute Gasteiger partial charge is 0.0775 e. The van der Waals surface area contributed by atoms with Crippen LogP contribution in [0, 0.1) is 11.8 Å². The van der Waals surface area contributed by atoms with Crippen molar-refractivity contribution >= 4 is 13.3 Å². The van der Waals surface area contributed by atoms with Crippen LogP contribution in [0.3, 0.4) is 0 Å². The maximum atomic E-state index is 3.13. The zero-order valence-corrected chi connectivity index (χ0v) is 11.0. The molecule has 0 heterocycles. The van der Waals surface area contributed by atoms with Crippen LogP contribution in [-0.4, -0.2) is 21.7 Å². The molecule has 0 unspecified atom stereocenters. The number of nitrogens with one attached hydrogen (secondary N) is 1. The van der Waals surface area contributed by atoms with E-state index in [9.17, 15) is 0 Å².